The van der Waals surface area contributed by atoms with Crippen LogP contribution in [0.25, 0.3) is 0 Å². The Bertz CT molecular complexity index is 416. The molecular weight excluding hydrogens is 254 g/mol. The molecule has 2 rings (SSSR count). The van der Waals surface area contributed by atoms with E-state index in [1.807, 2.05) is 6.92 Å². The molecule has 5 nitrogen and oxygen atoms in total. The molecule has 1 aliphatic rings. The zero-order chi connectivity index (χ0) is 13.2. The molecule has 1 fully saturated rings. The summed E-state index contributed by atoms with van der Waals surface area (Å²) in [6, 6.07) is 1.75. The first-order valence-electron chi connectivity index (χ1n) is 6.00. The molecule has 0 bridgehead atoms. The second-order valence-electron chi connectivity index (χ2n) is 4.88. The zero-order valence-corrected chi connectivity index (χ0v) is 11.4. The van der Waals surface area contributed by atoms with Crippen molar-refractivity contribution >= 4 is 17.4 Å². The van der Waals surface area contributed by atoms with E-state index in [4.69, 9.17) is 16.3 Å². The van der Waals surface area contributed by atoms with Gasteiger partial charge in [0, 0.05) is 26.3 Å². The van der Waals surface area contributed by atoms with E-state index in [9.17, 15) is 5.11 Å². The number of aromatic nitrogens is 2. The summed E-state index contributed by atoms with van der Waals surface area (Å²) >= 11 is 5.98. The predicted molar refractivity (Wildman–Crippen MR) is 69.8 cm³/mol. The number of piperidine rings is 1. The quantitative estimate of drug-likeness (QED) is 0.847. The molecule has 0 saturated carbocycles. The second-order valence-corrected chi connectivity index (χ2v) is 5.27. The third kappa shape index (κ3) is 3.31. The van der Waals surface area contributed by atoms with E-state index in [0.29, 0.717) is 17.6 Å². The average Bonchev–Trinajstić information content (AvgIpc) is 2.28. The second kappa shape index (κ2) is 5.38. The van der Waals surface area contributed by atoms with Crippen molar-refractivity contribution < 1.29 is 9.84 Å². The highest BCUT2D eigenvalue weighted by atomic mass is 35.5. The van der Waals surface area contributed by atoms with Gasteiger partial charge in [0.25, 0.3) is 0 Å². The van der Waals surface area contributed by atoms with Crippen molar-refractivity contribution in [2.24, 2.45) is 0 Å². The number of ether oxygens (including phenoxy) is 1. The highest BCUT2D eigenvalue weighted by Crippen LogP contribution is 2.25. The van der Waals surface area contributed by atoms with Crippen LogP contribution < -0.4 is 4.90 Å². The average molecular weight is 272 g/mol. The van der Waals surface area contributed by atoms with Gasteiger partial charge in [-0.25, -0.2) is 9.97 Å². The van der Waals surface area contributed by atoms with E-state index in [0.717, 1.165) is 31.7 Å². The summed E-state index contributed by atoms with van der Waals surface area (Å²) < 4.78 is 5.02. The van der Waals surface area contributed by atoms with Gasteiger partial charge in [0.2, 0.25) is 0 Å². The number of aliphatic hydroxyl groups is 1. The van der Waals surface area contributed by atoms with Gasteiger partial charge in [-0.05, 0) is 19.8 Å². The summed E-state index contributed by atoms with van der Waals surface area (Å²) in [4.78, 5) is 10.6. The molecule has 0 aliphatic carbocycles. The minimum Gasteiger partial charge on any atom is -0.390 e. The van der Waals surface area contributed by atoms with Crippen LogP contribution in [0.4, 0.5) is 5.82 Å². The molecule has 1 saturated heterocycles. The Morgan fingerprint density at radius 2 is 2.11 bits per heavy atom. The Labute approximate surface area is 112 Å². The van der Waals surface area contributed by atoms with E-state index in [-0.39, 0.29) is 0 Å². The first-order chi connectivity index (χ1) is 8.50. The highest BCUT2D eigenvalue weighted by molar-refractivity contribution is 6.29. The van der Waals surface area contributed by atoms with Gasteiger partial charge in [-0.3, -0.25) is 0 Å². The normalized spacial score (nSPS) is 19.0. The fourth-order valence-corrected chi connectivity index (χ4v) is 2.22. The predicted octanol–water partition coefficient (Wildman–Crippen LogP) is 1.63. The Hall–Kier alpha value is -0.910. The molecule has 18 heavy (non-hydrogen) atoms. The molecular formula is C12H18ClN3O2. The summed E-state index contributed by atoms with van der Waals surface area (Å²) in [5, 5.41) is 10.3. The molecule has 0 unspecified atom stereocenters. The number of rotatable bonds is 3. The van der Waals surface area contributed by atoms with Crippen molar-refractivity contribution in [2.75, 3.05) is 25.1 Å². The Morgan fingerprint density at radius 3 is 2.72 bits per heavy atom. The Kier molecular flexibility index (Phi) is 4.04. The van der Waals surface area contributed by atoms with Gasteiger partial charge in [0.05, 0.1) is 5.60 Å². The van der Waals surface area contributed by atoms with Crippen molar-refractivity contribution in [3.63, 3.8) is 0 Å². The molecule has 1 N–H and O–H groups in total. The van der Waals surface area contributed by atoms with Gasteiger partial charge in [0.15, 0.2) is 5.82 Å². The van der Waals surface area contributed by atoms with Gasteiger partial charge in [-0.1, -0.05) is 11.6 Å². The van der Waals surface area contributed by atoms with E-state index >= 15 is 0 Å². The maximum absolute atomic E-state index is 9.93. The van der Waals surface area contributed by atoms with Gasteiger partial charge in [-0.15, -0.1) is 0 Å². The first-order valence-corrected chi connectivity index (χ1v) is 6.38. The van der Waals surface area contributed by atoms with Crippen LogP contribution in [-0.2, 0) is 11.3 Å². The molecule has 2 heterocycles. The van der Waals surface area contributed by atoms with Crippen molar-refractivity contribution in [1.29, 1.82) is 0 Å². The molecule has 0 radical (unpaired) electrons. The molecule has 0 amide bonds. The molecule has 0 atom stereocenters. The highest BCUT2D eigenvalue weighted by Gasteiger charge is 2.28. The molecule has 0 aromatic carbocycles. The minimum absolute atomic E-state index is 0.346. The summed E-state index contributed by atoms with van der Waals surface area (Å²) in [7, 11) is 1.60. The molecule has 0 spiro atoms. The van der Waals surface area contributed by atoms with Crippen molar-refractivity contribution in [1.82, 2.24) is 9.97 Å². The smallest absolute Gasteiger partial charge is 0.158 e. The number of hydrogen-bond acceptors (Lipinski definition) is 5. The third-order valence-corrected chi connectivity index (χ3v) is 3.36. The molecule has 1 aromatic heterocycles. The molecule has 100 valence electrons. The van der Waals surface area contributed by atoms with Crippen molar-refractivity contribution in [3.8, 4) is 0 Å². The lowest BCUT2D eigenvalue weighted by atomic mass is 9.94. The largest absolute Gasteiger partial charge is 0.390 e. The van der Waals surface area contributed by atoms with Crippen LogP contribution >= 0.6 is 11.6 Å². The lowest BCUT2D eigenvalue weighted by Gasteiger charge is -2.36. The number of halogens is 1. The summed E-state index contributed by atoms with van der Waals surface area (Å²) in [5.74, 6) is 1.38. The number of methoxy groups -OCH3 is 1. The topological polar surface area (TPSA) is 58.5 Å². The van der Waals surface area contributed by atoms with Crippen LogP contribution in [0.5, 0.6) is 0 Å². The maximum Gasteiger partial charge on any atom is 0.158 e. The maximum atomic E-state index is 9.93. The van der Waals surface area contributed by atoms with Gasteiger partial charge in [0.1, 0.15) is 17.6 Å². The monoisotopic (exact) mass is 271 g/mol. The van der Waals surface area contributed by atoms with Crippen LogP contribution in [0, 0.1) is 0 Å². The first kappa shape index (κ1) is 13.5. The van der Waals surface area contributed by atoms with Gasteiger partial charge < -0.3 is 14.7 Å². The van der Waals surface area contributed by atoms with Crippen LogP contribution in [-0.4, -0.2) is 40.9 Å². The van der Waals surface area contributed by atoms with Crippen LogP contribution in [0.2, 0.25) is 5.15 Å². The minimum atomic E-state index is -0.567. The summed E-state index contributed by atoms with van der Waals surface area (Å²) in [5.41, 5.74) is -0.567. The Balaban J connectivity index is 2.13. The van der Waals surface area contributed by atoms with Crippen LogP contribution in [0.1, 0.15) is 25.6 Å². The van der Waals surface area contributed by atoms with Gasteiger partial charge >= 0.3 is 0 Å². The SMILES string of the molecule is COCc1nc(Cl)cc(N2CCC(C)(O)CC2)n1. The third-order valence-electron chi connectivity index (χ3n) is 3.17. The Morgan fingerprint density at radius 1 is 1.44 bits per heavy atom. The summed E-state index contributed by atoms with van der Waals surface area (Å²) in [6.07, 6.45) is 1.46. The van der Waals surface area contributed by atoms with E-state index < -0.39 is 5.60 Å². The summed E-state index contributed by atoms with van der Waals surface area (Å²) in [6.45, 7) is 3.76. The fraction of sp³-hybridized carbons (Fsp3) is 0.667. The molecule has 1 aromatic rings. The molecule has 1 aliphatic heterocycles. The van der Waals surface area contributed by atoms with Crippen LogP contribution in [0.3, 0.4) is 0 Å². The standard InChI is InChI=1S/C12H18ClN3O2/c1-12(17)3-5-16(6-4-12)11-7-9(13)14-10(15-11)8-18-2/h7,17H,3-6,8H2,1-2H3. The van der Waals surface area contributed by atoms with Crippen molar-refractivity contribution in [2.45, 2.75) is 32.0 Å². The number of hydrogen-bond donors (Lipinski definition) is 1. The lowest BCUT2D eigenvalue weighted by molar-refractivity contribution is 0.0350. The van der Waals surface area contributed by atoms with E-state index in [1.54, 1.807) is 13.2 Å². The fourth-order valence-electron chi connectivity index (χ4n) is 2.02. The lowest BCUT2D eigenvalue weighted by Crippen LogP contribution is -2.42. The van der Waals surface area contributed by atoms with E-state index in [2.05, 4.69) is 14.9 Å². The van der Waals surface area contributed by atoms with Crippen molar-refractivity contribution in [3.05, 3.63) is 17.0 Å². The number of nitrogens with zero attached hydrogens (tertiary/aromatic N) is 3. The number of anilines is 1. The zero-order valence-electron chi connectivity index (χ0n) is 10.7. The van der Waals surface area contributed by atoms with Crippen LogP contribution in [0.15, 0.2) is 6.07 Å². The van der Waals surface area contributed by atoms with E-state index in [1.165, 1.54) is 0 Å². The molecule has 6 heteroatoms. The van der Waals surface area contributed by atoms with Gasteiger partial charge in [-0.2, -0.15) is 0 Å².